The molecule has 0 aromatic carbocycles. The molecule has 0 spiro atoms. The van der Waals surface area contributed by atoms with Crippen molar-refractivity contribution >= 4 is 14.1 Å². The molecule has 128 valence electrons. The molecule has 23 heavy (non-hydrogen) atoms. The van der Waals surface area contributed by atoms with Crippen LogP contribution in [-0.2, 0) is 11.0 Å². The first kappa shape index (κ1) is 19.6. The van der Waals surface area contributed by atoms with Gasteiger partial charge in [0.2, 0.25) is 5.78 Å². The molecular formula is C18H30N2O2Si. The topological polar surface area (TPSA) is 42.4 Å². The number of carbonyl (C=O) groups is 1. The summed E-state index contributed by atoms with van der Waals surface area (Å²) < 4.78 is 6.23. The lowest BCUT2D eigenvalue weighted by atomic mass is 10.1. The van der Waals surface area contributed by atoms with Crippen LogP contribution in [0.5, 0.6) is 0 Å². The molecule has 5 heteroatoms. The van der Waals surface area contributed by atoms with Crippen LogP contribution in [0.4, 0.5) is 0 Å². The summed E-state index contributed by atoms with van der Waals surface area (Å²) in [6, 6.07) is 3.77. The van der Waals surface area contributed by atoms with Crippen LogP contribution in [0, 0.1) is 0 Å². The smallest absolute Gasteiger partial charge is 0.205 e. The van der Waals surface area contributed by atoms with Gasteiger partial charge in [0.15, 0.2) is 8.32 Å². The highest BCUT2D eigenvalue weighted by atomic mass is 28.4. The minimum atomic E-state index is -1.85. The van der Waals surface area contributed by atoms with Gasteiger partial charge in [-0.2, -0.15) is 0 Å². The van der Waals surface area contributed by atoms with Crippen molar-refractivity contribution in [1.82, 2.24) is 9.88 Å². The third kappa shape index (κ3) is 5.59. The van der Waals surface area contributed by atoms with E-state index in [1.807, 2.05) is 31.0 Å². The third-order valence-electron chi connectivity index (χ3n) is 4.50. The van der Waals surface area contributed by atoms with Gasteiger partial charge in [-0.25, -0.2) is 0 Å². The highest BCUT2D eigenvalue weighted by molar-refractivity contribution is 6.74. The van der Waals surface area contributed by atoms with E-state index in [-0.39, 0.29) is 10.8 Å². The van der Waals surface area contributed by atoms with Crippen molar-refractivity contribution in [2.24, 2.45) is 0 Å². The zero-order valence-electron chi connectivity index (χ0n) is 15.5. The van der Waals surface area contributed by atoms with E-state index in [1.165, 1.54) is 0 Å². The van der Waals surface area contributed by atoms with E-state index in [0.29, 0.717) is 12.3 Å². The minimum Gasteiger partial charge on any atom is -0.412 e. The average molecular weight is 335 g/mol. The number of pyridine rings is 1. The first-order valence-electron chi connectivity index (χ1n) is 8.09. The molecule has 0 radical (unpaired) electrons. The first-order valence-corrected chi connectivity index (χ1v) is 11.0. The van der Waals surface area contributed by atoms with E-state index in [0.717, 1.165) is 12.1 Å². The molecule has 0 aliphatic carbocycles. The SMILES string of the molecule is CCN(C)C=CC(=O)c1ncccc1CO[Si](C)(C)C(C)(C)C. The summed E-state index contributed by atoms with van der Waals surface area (Å²) in [6.07, 6.45) is 5.01. The van der Waals surface area contributed by atoms with E-state index >= 15 is 0 Å². The van der Waals surface area contributed by atoms with Gasteiger partial charge in [0.25, 0.3) is 0 Å². The molecule has 0 saturated carbocycles. The van der Waals surface area contributed by atoms with E-state index in [1.54, 1.807) is 18.5 Å². The molecule has 1 rings (SSSR count). The lowest BCUT2D eigenvalue weighted by Gasteiger charge is -2.36. The van der Waals surface area contributed by atoms with Crippen molar-refractivity contribution in [1.29, 1.82) is 0 Å². The summed E-state index contributed by atoms with van der Waals surface area (Å²) >= 11 is 0. The monoisotopic (exact) mass is 334 g/mol. The van der Waals surface area contributed by atoms with E-state index < -0.39 is 8.32 Å². The second kappa shape index (κ2) is 7.88. The summed E-state index contributed by atoms with van der Waals surface area (Å²) in [5, 5.41) is 0.142. The van der Waals surface area contributed by atoms with Crippen molar-refractivity contribution in [2.45, 2.75) is 52.4 Å². The van der Waals surface area contributed by atoms with Gasteiger partial charge in [-0.05, 0) is 31.1 Å². The summed E-state index contributed by atoms with van der Waals surface area (Å²) in [4.78, 5) is 18.6. The maximum absolute atomic E-state index is 12.4. The predicted molar refractivity (Wildman–Crippen MR) is 98.0 cm³/mol. The van der Waals surface area contributed by atoms with Crippen molar-refractivity contribution in [3.8, 4) is 0 Å². The lowest BCUT2D eigenvalue weighted by Crippen LogP contribution is -2.40. The Morgan fingerprint density at radius 1 is 1.39 bits per heavy atom. The first-order chi connectivity index (χ1) is 10.6. The Bertz CT molecular complexity index is 562. The van der Waals surface area contributed by atoms with Gasteiger partial charge in [-0.15, -0.1) is 0 Å². The number of nitrogens with zero attached hydrogens (tertiary/aromatic N) is 2. The normalized spacial score (nSPS) is 12.7. The molecule has 0 amide bonds. The van der Waals surface area contributed by atoms with Gasteiger partial charge in [0.1, 0.15) is 5.69 Å². The highest BCUT2D eigenvalue weighted by Crippen LogP contribution is 2.37. The van der Waals surface area contributed by atoms with Crippen LogP contribution in [0.15, 0.2) is 30.6 Å². The quantitative estimate of drug-likeness (QED) is 0.425. The zero-order valence-corrected chi connectivity index (χ0v) is 16.5. The molecule has 1 aromatic rings. The number of hydrogen-bond acceptors (Lipinski definition) is 4. The van der Waals surface area contributed by atoms with E-state index in [9.17, 15) is 4.79 Å². The predicted octanol–water partition coefficient (Wildman–Crippen LogP) is 4.25. The Morgan fingerprint density at radius 2 is 2.04 bits per heavy atom. The second-order valence-electron chi connectivity index (χ2n) is 7.31. The minimum absolute atomic E-state index is 0.0836. The highest BCUT2D eigenvalue weighted by Gasteiger charge is 2.37. The maximum Gasteiger partial charge on any atom is 0.205 e. The molecule has 0 saturated heterocycles. The number of carbonyl (C=O) groups excluding carboxylic acids is 1. The zero-order chi connectivity index (χ0) is 17.7. The Balaban J connectivity index is 2.90. The Kier molecular flexibility index (Phi) is 6.71. The van der Waals surface area contributed by atoms with Gasteiger partial charge in [-0.1, -0.05) is 26.8 Å². The molecule has 0 aliphatic heterocycles. The summed E-state index contributed by atoms with van der Waals surface area (Å²) in [5.74, 6) is -0.0836. The molecular weight excluding hydrogens is 304 g/mol. The van der Waals surface area contributed by atoms with Crippen LogP contribution in [0.2, 0.25) is 18.1 Å². The largest absolute Gasteiger partial charge is 0.412 e. The molecule has 0 N–H and O–H groups in total. The number of rotatable bonds is 7. The number of allylic oxidation sites excluding steroid dienone is 1. The summed E-state index contributed by atoms with van der Waals surface area (Å²) in [7, 11) is 0.0813. The van der Waals surface area contributed by atoms with E-state index in [4.69, 9.17) is 4.43 Å². The van der Waals surface area contributed by atoms with Crippen LogP contribution >= 0.6 is 0 Å². The average Bonchev–Trinajstić information content (AvgIpc) is 2.49. The number of hydrogen-bond donors (Lipinski definition) is 0. The van der Waals surface area contributed by atoms with Crippen LogP contribution in [0.3, 0.4) is 0 Å². The number of aromatic nitrogens is 1. The van der Waals surface area contributed by atoms with Gasteiger partial charge >= 0.3 is 0 Å². The second-order valence-corrected chi connectivity index (χ2v) is 12.1. The van der Waals surface area contributed by atoms with E-state index in [2.05, 4.69) is 38.8 Å². The molecule has 0 unspecified atom stereocenters. The van der Waals surface area contributed by atoms with Crippen LogP contribution in [-0.4, -0.2) is 37.6 Å². The number of ketones is 1. The van der Waals surface area contributed by atoms with Crippen molar-refractivity contribution in [2.75, 3.05) is 13.6 Å². The Morgan fingerprint density at radius 3 is 2.61 bits per heavy atom. The maximum atomic E-state index is 12.4. The van der Waals surface area contributed by atoms with Crippen LogP contribution < -0.4 is 0 Å². The van der Waals surface area contributed by atoms with Crippen molar-refractivity contribution < 1.29 is 9.22 Å². The van der Waals surface area contributed by atoms with Crippen LogP contribution in [0.1, 0.15) is 43.7 Å². The summed E-state index contributed by atoms with van der Waals surface area (Å²) in [5.41, 5.74) is 1.33. The van der Waals surface area contributed by atoms with Crippen LogP contribution in [0.25, 0.3) is 0 Å². The van der Waals surface area contributed by atoms with Gasteiger partial charge in [0, 0.05) is 37.6 Å². The molecule has 1 heterocycles. The fraction of sp³-hybridized carbons (Fsp3) is 0.556. The molecule has 1 aromatic heterocycles. The van der Waals surface area contributed by atoms with Gasteiger partial charge in [0.05, 0.1) is 6.61 Å². The molecule has 0 atom stereocenters. The summed E-state index contributed by atoms with van der Waals surface area (Å²) in [6.45, 7) is 14.4. The Labute approximate surface area is 141 Å². The fourth-order valence-corrected chi connectivity index (χ4v) is 2.58. The van der Waals surface area contributed by atoms with Crippen molar-refractivity contribution in [3.63, 3.8) is 0 Å². The standard InChI is InChI=1S/C18H30N2O2Si/c1-8-20(5)13-11-16(21)17-15(10-9-12-19-17)14-22-23(6,7)18(2,3)4/h9-13H,8,14H2,1-7H3. The van der Waals surface area contributed by atoms with Gasteiger partial charge in [-0.3, -0.25) is 9.78 Å². The Hall–Kier alpha value is -1.46. The molecule has 0 aliphatic rings. The molecule has 0 bridgehead atoms. The fourth-order valence-electron chi connectivity index (χ4n) is 1.63. The molecule has 0 fully saturated rings. The third-order valence-corrected chi connectivity index (χ3v) is 8.98. The molecule has 4 nitrogen and oxygen atoms in total. The lowest BCUT2D eigenvalue weighted by molar-refractivity contribution is 0.103. The van der Waals surface area contributed by atoms with Gasteiger partial charge < -0.3 is 9.33 Å². The van der Waals surface area contributed by atoms with Crippen molar-refractivity contribution in [3.05, 3.63) is 41.9 Å².